The molecule has 2 amide bonds. The van der Waals surface area contributed by atoms with Gasteiger partial charge in [-0.3, -0.25) is 9.59 Å². The first-order valence-corrected chi connectivity index (χ1v) is 8.50. The summed E-state index contributed by atoms with van der Waals surface area (Å²) in [5.74, 6) is -1.04. The zero-order chi connectivity index (χ0) is 19.8. The summed E-state index contributed by atoms with van der Waals surface area (Å²) in [5, 5.41) is 5.23. The molecule has 142 valence electrons. The quantitative estimate of drug-likeness (QED) is 0.762. The molecule has 1 fully saturated rings. The van der Waals surface area contributed by atoms with E-state index in [4.69, 9.17) is 0 Å². The van der Waals surface area contributed by atoms with Crippen molar-refractivity contribution in [3.63, 3.8) is 0 Å². The summed E-state index contributed by atoms with van der Waals surface area (Å²) < 4.78 is 38.4. The number of nitrogens with one attached hydrogen (secondary N) is 2. The van der Waals surface area contributed by atoms with Gasteiger partial charge in [-0.1, -0.05) is 18.2 Å². The first-order chi connectivity index (χ1) is 12.6. The minimum Gasteiger partial charge on any atom is -0.325 e. The molecule has 27 heavy (non-hydrogen) atoms. The number of hydrogen-bond acceptors (Lipinski definition) is 2. The van der Waals surface area contributed by atoms with Crippen molar-refractivity contribution in [3.8, 4) is 0 Å². The maximum atomic E-state index is 12.8. The highest BCUT2D eigenvalue weighted by atomic mass is 19.4. The van der Waals surface area contributed by atoms with Crippen LogP contribution in [0.15, 0.2) is 42.5 Å². The van der Waals surface area contributed by atoms with Crippen LogP contribution < -0.4 is 10.6 Å². The smallest absolute Gasteiger partial charge is 0.325 e. The van der Waals surface area contributed by atoms with E-state index in [0.717, 1.165) is 23.3 Å². The van der Waals surface area contributed by atoms with Gasteiger partial charge in [-0.2, -0.15) is 13.2 Å². The van der Waals surface area contributed by atoms with Crippen LogP contribution in [0.2, 0.25) is 0 Å². The van der Waals surface area contributed by atoms with Gasteiger partial charge in [-0.05, 0) is 62.1 Å². The molecule has 2 aromatic carbocycles. The fraction of sp³-hybridized carbons (Fsp3) is 0.300. The number of amides is 2. The molecule has 0 bridgehead atoms. The third-order valence-electron chi connectivity index (χ3n) is 4.92. The van der Waals surface area contributed by atoms with Gasteiger partial charge >= 0.3 is 6.18 Å². The van der Waals surface area contributed by atoms with Crippen molar-refractivity contribution in [2.75, 3.05) is 10.6 Å². The molecular weight excluding hydrogens is 357 g/mol. The van der Waals surface area contributed by atoms with Crippen LogP contribution in [0.5, 0.6) is 0 Å². The molecule has 1 aliphatic rings. The minimum absolute atomic E-state index is 0.0145. The molecule has 0 heterocycles. The fourth-order valence-electron chi connectivity index (χ4n) is 2.83. The highest BCUT2D eigenvalue weighted by molar-refractivity contribution is 6.17. The topological polar surface area (TPSA) is 58.2 Å². The van der Waals surface area contributed by atoms with Gasteiger partial charge in [0, 0.05) is 11.4 Å². The zero-order valence-corrected chi connectivity index (χ0v) is 14.9. The van der Waals surface area contributed by atoms with Crippen molar-refractivity contribution < 1.29 is 22.8 Å². The second-order valence-corrected chi connectivity index (χ2v) is 6.82. The van der Waals surface area contributed by atoms with Crippen molar-refractivity contribution in [1.29, 1.82) is 0 Å². The third-order valence-corrected chi connectivity index (χ3v) is 4.92. The van der Waals surface area contributed by atoms with Crippen LogP contribution >= 0.6 is 0 Å². The van der Waals surface area contributed by atoms with Gasteiger partial charge in [0.1, 0.15) is 5.41 Å². The molecule has 4 nitrogen and oxygen atoms in total. The lowest BCUT2D eigenvalue weighted by Gasteiger charge is -2.17. The second kappa shape index (κ2) is 6.72. The molecule has 2 N–H and O–H groups in total. The average Bonchev–Trinajstić information content (AvgIpc) is 3.40. The molecule has 0 atom stereocenters. The van der Waals surface area contributed by atoms with Crippen molar-refractivity contribution in [1.82, 2.24) is 0 Å². The van der Waals surface area contributed by atoms with Gasteiger partial charge in [-0.15, -0.1) is 0 Å². The Bertz CT molecular complexity index is 902. The summed E-state index contributed by atoms with van der Waals surface area (Å²) >= 11 is 0. The number of halogens is 3. The number of anilines is 2. The van der Waals surface area contributed by atoms with Crippen molar-refractivity contribution in [2.45, 2.75) is 32.9 Å². The van der Waals surface area contributed by atoms with Crippen LogP contribution in [0.25, 0.3) is 0 Å². The predicted octanol–water partition coefficient (Wildman–Crippen LogP) is 4.68. The van der Waals surface area contributed by atoms with Gasteiger partial charge in [0.05, 0.1) is 5.56 Å². The summed E-state index contributed by atoms with van der Waals surface area (Å²) in [7, 11) is 0. The molecular formula is C20H19F3N2O2. The lowest BCUT2D eigenvalue weighted by molar-refractivity contribution is -0.137. The maximum absolute atomic E-state index is 12.8. The second-order valence-electron chi connectivity index (χ2n) is 6.82. The molecule has 0 saturated heterocycles. The Kier molecular flexibility index (Phi) is 4.71. The van der Waals surface area contributed by atoms with Crippen LogP contribution in [-0.2, 0) is 15.8 Å². The molecule has 0 aromatic heterocycles. The molecule has 0 aliphatic heterocycles. The zero-order valence-electron chi connectivity index (χ0n) is 14.9. The van der Waals surface area contributed by atoms with E-state index in [-0.39, 0.29) is 5.69 Å². The summed E-state index contributed by atoms with van der Waals surface area (Å²) in [6.07, 6.45) is -3.79. The molecule has 3 rings (SSSR count). The van der Waals surface area contributed by atoms with Crippen molar-refractivity contribution in [3.05, 3.63) is 59.2 Å². The molecule has 1 aliphatic carbocycles. The number of aryl methyl sites for hydroxylation is 1. The van der Waals surface area contributed by atoms with E-state index in [1.54, 1.807) is 12.1 Å². The van der Waals surface area contributed by atoms with Crippen LogP contribution in [0, 0.1) is 19.3 Å². The average molecular weight is 376 g/mol. The highest BCUT2D eigenvalue weighted by Crippen LogP contribution is 2.47. The van der Waals surface area contributed by atoms with Gasteiger partial charge in [0.2, 0.25) is 11.8 Å². The summed E-state index contributed by atoms with van der Waals surface area (Å²) in [4.78, 5) is 25.3. The Balaban J connectivity index is 1.75. The maximum Gasteiger partial charge on any atom is 0.416 e. The molecule has 0 spiro atoms. The standard InChI is InChI=1S/C20H19F3N2O2/c1-12-5-3-8-16(13(12)2)25-18(27)19(9-10-19)17(26)24-15-7-4-6-14(11-15)20(21,22)23/h3-8,11H,9-10H2,1-2H3,(H,24,26)(H,25,27). The van der Waals surface area contributed by atoms with Crippen molar-refractivity contribution in [2.24, 2.45) is 5.41 Å². The van der Waals surface area contributed by atoms with Gasteiger partial charge in [0.15, 0.2) is 0 Å². The van der Waals surface area contributed by atoms with E-state index in [2.05, 4.69) is 10.6 Å². The lowest BCUT2D eigenvalue weighted by Crippen LogP contribution is -2.35. The largest absolute Gasteiger partial charge is 0.416 e. The molecule has 2 aromatic rings. The Morgan fingerprint density at radius 3 is 2.22 bits per heavy atom. The van der Waals surface area contributed by atoms with Gasteiger partial charge in [0.25, 0.3) is 0 Å². The summed E-state index contributed by atoms with van der Waals surface area (Å²) in [6.45, 7) is 3.78. The first-order valence-electron chi connectivity index (χ1n) is 8.50. The van der Waals surface area contributed by atoms with E-state index < -0.39 is 29.0 Å². The van der Waals surface area contributed by atoms with E-state index in [9.17, 15) is 22.8 Å². The summed E-state index contributed by atoms with van der Waals surface area (Å²) in [5.41, 5.74) is 0.444. The Hall–Kier alpha value is -2.83. The van der Waals surface area contributed by atoms with Crippen LogP contribution in [0.1, 0.15) is 29.5 Å². The third kappa shape index (κ3) is 3.82. The Labute approximate surface area is 154 Å². The number of carbonyl (C=O) groups excluding carboxylic acids is 2. The highest BCUT2D eigenvalue weighted by Gasteiger charge is 2.56. The van der Waals surface area contributed by atoms with Gasteiger partial charge < -0.3 is 10.6 Å². The molecule has 0 unspecified atom stereocenters. The normalized spacial score (nSPS) is 15.1. The monoisotopic (exact) mass is 376 g/mol. The SMILES string of the molecule is Cc1cccc(NC(=O)C2(C(=O)Nc3cccc(C(F)(F)F)c3)CC2)c1C. The van der Waals surface area contributed by atoms with E-state index in [1.165, 1.54) is 12.1 Å². The first kappa shape index (κ1) is 18.9. The van der Waals surface area contributed by atoms with Crippen molar-refractivity contribution >= 4 is 23.2 Å². The van der Waals surface area contributed by atoms with E-state index >= 15 is 0 Å². The van der Waals surface area contributed by atoms with Crippen LogP contribution in [0.3, 0.4) is 0 Å². The van der Waals surface area contributed by atoms with Crippen LogP contribution in [0.4, 0.5) is 24.5 Å². The Morgan fingerprint density at radius 1 is 0.963 bits per heavy atom. The fourth-order valence-corrected chi connectivity index (χ4v) is 2.83. The minimum atomic E-state index is -4.50. The van der Waals surface area contributed by atoms with Gasteiger partial charge in [-0.25, -0.2) is 0 Å². The Morgan fingerprint density at radius 2 is 1.59 bits per heavy atom. The number of benzene rings is 2. The van der Waals surface area contributed by atoms with E-state index in [1.807, 2.05) is 19.9 Å². The number of hydrogen-bond donors (Lipinski definition) is 2. The molecule has 1 saturated carbocycles. The van der Waals surface area contributed by atoms with E-state index in [0.29, 0.717) is 18.5 Å². The predicted molar refractivity (Wildman–Crippen MR) is 96.3 cm³/mol. The van der Waals surface area contributed by atoms with Crippen LogP contribution in [-0.4, -0.2) is 11.8 Å². The molecule has 7 heteroatoms. The summed E-state index contributed by atoms with van der Waals surface area (Å²) in [6, 6.07) is 9.84. The lowest BCUT2D eigenvalue weighted by atomic mass is 10.0. The number of alkyl halides is 3. The number of carbonyl (C=O) groups is 2. The number of rotatable bonds is 4. The molecule has 0 radical (unpaired) electrons.